The Balaban J connectivity index is 1.15. The van der Waals surface area contributed by atoms with Crippen LogP contribution in [0, 0.1) is 0 Å². The van der Waals surface area contributed by atoms with Crippen molar-refractivity contribution in [3.8, 4) is 33.4 Å². The van der Waals surface area contributed by atoms with Gasteiger partial charge in [-0.3, -0.25) is 9.98 Å². The fraction of sp³-hybridized carbons (Fsp3) is 0.0612. The number of aliphatic imine (C=N–C) groups is 1. The lowest BCUT2D eigenvalue weighted by Crippen LogP contribution is -1.98. The zero-order valence-corrected chi connectivity index (χ0v) is 28.9. The molecule has 1 atom stereocenters. The SMILES string of the molecule is C/C(=N\C(=C/C(C)c1ccc(-c2cc3ccccc3c3ccccc23)cc1)c1ccc(-c2cccnc2)cc1)c1cccc(-c2ccccc2)c1. The summed E-state index contributed by atoms with van der Waals surface area (Å²) in [6.45, 7) is 4.36. The minimum absolute atomic E-state index is 0.132. The van der Waals surface area contributed by atoms with Crippen LogP contribution in [0.3, 0.4) is 0 Å². The van der Waals surface area contributed by atoms with Gasteiger partial charge >= 0.3 is 0 Å². The number of rotatable bonds is 8. The van der Waals surface area contributed by atoms with Crippen molar-refractivity contribution in [2.45, 2.75) is 19.8 Å². The second-order valence-corrected chi connectivity index (χ2v) is 13.1. The standard InChI is InChI=1S/C49H38N2/c1-34(36-21-25-39(26-22-36)48-32-43-14-6-7-18-45(43)46-19-8-9-20-47(46)48)30-49(40-27-23-38(24-28-40)44-17-11-29-50-33-44)51-35(2)41-15-10-16-42(31-41)37-12-4-3-5-13-37/h3-34H,1-2H3/b49-30-,51-35+. The topological polar surface area (TPSA) is 25.2 Å². The molecule has 0 radical (unpaired) electrons. The predicted molar refractivity (Wildman–Crippen MR) is 217 cm³/mol. The van der Waals surface area contributed by atoms with E-state index >= 15 is 0 Å². The Labute approximate surface area is 300 Å². The molecule has 0 saturated heterocycles. The number of hydrogen-bond acceptors (Lipinski definition) is 2. The lowest BCUT2D eigenvalue weighted by Gasteiger charge is -2.14. The molecule has 2 heteroatoms. The third-order valence-corrected chi connectivity index (χ3v) is 9.77. The van der Waals surface area contributed by atoms with Crippen molar-refractivity contribution in [1.29, 1.82) is 0 Å². The van der Waals surface area contributed by atoms with Crippen molar-refractivity contribution < 1.29 is 0 Å². The minimum Gasteiger partial charge on any atom is -0.264 e. The summed E-state index contributed by atoms with van der Waals surface area (Å²) in [5.41, 5.74) is 12.4. The first-order valence-corrected chi connectivity index (χ1v) is 17.6. The van der Waals surface area contributed by atoms with Crippen molar-refractivity contribution >= 4 is 33.0 Å². The predicted octanol–water partition coefficient (Wildman–Crippen LogP) is 13.0. The summed E-state index contributed by atoms with van der Waals surface area (Å²) < 4.78 is 0. The van der Waals surface area contributed by atoms with Gasteiger partial charge in [-0.1, -0.05) is 165 Å². The Hall–Kier alpha value is -6.38. The van der Waals surface area contributed by atoms with Gasteiger partial charge in [0.25, 0.3) is 0 Å². The quantitative estimate of drug-likeness (QED) is 0.118. The molecule has 1 aromatic heterocycles. The molecule has 0 spiro atoms. The third kappa shape index (κ3) is 6.77. The lowest BCUT2D eigenvalue weighted by molar-refractivity contribution is 0.967. The molecule has 7 aromatic carbocycles. The average molecular weight is 655 g/mol. The van der Waals surface area contributed by atoms with E-state index in [1.165, 1.54) is 49.4 Å². The van der Waals surface area contributed by atoms with E-state index in [2.05, 4.69) is 189 Å². The number of nitrogens with zero attached hydrogens (tertiary/aromatic N) is 2. The zero-order valence-electron chi connectivity index (χ0n) is 28.9. The van der Waals surface area contributed by atoms with Crippen LogP contribution < -0.4 is 0 Å². The van der Waals surface area contributed by atoms with Crippen LogP contribution in [0.5, 0.6) is 0 Å². The molecule has 0 fully saturated rings. The summed E-state index contributed by atoms with van der Waals surface area (Å²) in [5.74, 6) is 0.132. The average Bonchev–Trinajstić information content (AvgIpc) is 3.21. The van der Waals surface area contributed by atoms with E-state index in [9.17, 15) is 0 Å². The molecule has 1 unspecified atom stereocenters. The summed E-state index contributed by atoms with van der Waals surface area (Å²) in [6, 6.07) is 60.7. The van der Waals surface area contributed by atoms with Crippen LogP contribution in [0.4, 0.5) is 0 Å². The Morgan fingerprint density at radius 2 is 1.18 bits per heavy atom. The normalized spacial score (nSPS) is 12.7. The maximum absolute atomic E-state index is 5.31. The van der Waals surface area contributed by atoms with Gasteiger partial charge in [-0.2, -0.15) is 0 Å². The van der Waals surface area contributed by atoms with Gasteiger partial charge in [0.2, 0.25) is 0 Å². The van der Waals surface area contributed by atoms with Crippen molar-refractivity contribution in [2.24, 2.45) is 4.99 Å². The van der Waals surface area contributed by atoms with Crippen LogP contribution >= 0.6 is 0 Å². The molecule has 51 heavy (non-hydrogen) atoms. The van der Waals surface area contributed by atoms with Crippen LogP contribution in [0.2, 0.25) is 0 Å². The van der Waals surface area contributed by atoms with Gasteiger partial charge in [-0.05, 0) is 96.7 Å². The van der Waals surface area contributed by atoms with Crippen LogP contribution in [-0.4, -0.2) is 10.7 Å². The maximum Gasteiger partial charge on any atom is 0.0671 e. The molecule has 0 aliphatic heterocycles. The summed E-state index contributed by atoms with van der Waals surface area (Å²) in [5, 5.41) is 5.10. The highest BCUT2D eigenvalue weighted by atomic mass is 14.8. The van der Waals surface area contributed by atoms with E-state index in [1.807, 2.05) is 12.3 Å². The van der Waals surface area contributed by atoms with Crippen LogP contribution in [0.15, 0.2) is 193 Å². The number of aromatic nitrogens is 1. The fourth-order valence-corrected chi connectivity index (χ4v) is 6.96. The summed E-state index contributed by atoms with van der Waals surface area (Å²) in [4.78, 5) is 9.63. The van der Waals surface area contributed by atoms with E-state index in [0.717, 1.165) is 33.7 Å². The molecule has 0 aliphatic carbocycles. The van der Waals surface area contributed by atoms with E-state index in [4.69, 9.17) is 4.99 Å². The van der Waals surface area contributed by atoms with Crippen molar-refractivity contribution in [3.63, 3.8) is 0 Å². The highest BCUT2D eigenvalue weighted by Gasteiger charge is 2.12. The van der Waals surface area contributed by atoms with Gasteiger partial charge in [0.1, 0.15) is 0 Å². The number of benzene rings is 7. The number of hydrogen-bond donors (Lipinski definition) is 0. The Kier molecular flexibility index (Phi) is 8.89. The first-order chi connectivity index (χ1) is 25.1. The Morgan fingerprint density at radius 3 is 1.94 bits per heavy atom. The number of fused-ring (bicyclic) bond motifs is 3. The fourth-order valence-electron chi connectivity index (χ4n) is 6.96. The molecule has 244 valence electrons. The van der Waals surface area contributed by atoms with Crippen LogP contribution in [0.25, 0.3) is 60.6 Å². The zero-order chi connectivity index (χ0) is 34.6. The second-order valence-electron chi connectivity index (χ2n) is 13.1. The largest absolute Gasteiger partial charge is 0.264 e. The third-order valence-electron chi connectivity index (χ3n) is 9.77. The molecule has 8 aromatic rings. The van der Waals surface area contributed by atoms with Crippen molar-refractivity contribution in [2.75, 3.05) is 0 Å². The molecule has 1 heterocycles. The van der Waals surface area contributed by atoms with Crippen molar-refractivity contribution in [3.05, 3.63) is 205 Å². The minimum atomic E-state index is 0.132. The van der Waals surface area contributed by atoms with Crippen LogP contribution in [0.1, 0.15) is 36.5 Å². The lowest BCUT2D eigenvalue weighted by atomic mass is 9.91. The van der Waals surface area contributed by atoms with E-state index in [0.29, 0.717) is 0 Å². The first-order valence-electron chi connectivity index (χ1n) is 17.6. The highest BCUT2D eigenvalue weighted by molar-refractivity contribution is 6.13. The summed E-state index contributed by atoms with van der Waals surface area (Å²) in [6.07, 6.45) is 6.01. The Bertz CT molecular complexity index is 2510. The van der Waals surface area contributed by atoms with Gasteiger partial charge in [-0.25, -0.2) is 0 Å². The molecule has 0 bridgehead atoms. The molecule has 0 N–H and O–H groups in total. The molecule has 0 aliphatic rings. The second kappa shape index (κ2) is 14.2. The van der Waals surface area contributed by atoms with Crippen LogP contribution in [-0.2, 0) is 0 Å². The van der Waals surface area contributed by atoms with Gasteiger partial charge in [0.15, 0.2) is 0 Å². The molecule has 8 rings (SSSR count). The Morgan fingerprint density at radius 1 is 0.529 bits per heavy atom. The summed E-state index contributed by atoms with van der Waals surface area (Å²) in [7, 11) is 0. The molecular weight excluding hydrogens is 617 g/mol. The molecular formula is C49H38N2. The van der Waals surface area contributed by atoms with E-state index < -0.39 is 0 Å². The number of pyridine rings is 1. The van der Waals surface area contributed by atoms with Gasteiger partial charge in [0.05, 0.1) is 5.70 Å². The highest BCUT2D eigenvalue weighted by Crippen LogP contribution is 2.36. The molecule has 0 saturated carbocycles. The van der Waals surface area contributed by atoms with Gasteiger partial charge < -0.3 is 0 Å². The number of allylic oxidation sites excluding steroid dienone is 1. The van der Waals surface area contributed by atoms with E-state index in [-0.39, 0.29) is 5.92 Å². The maximum atomic E-state index is 5.31. The molecule has 0 amide bonds. The van der Waals surface area contributed by atoms with Gasteiger partial charge in [0, 0.05) is 24.0 Å². The first kappa shape index (κ1) is 31.9. The molecule has 2 nitrogen and oxygen atoms in total. The van der Waals surface area contributed by atoms with Crippen molar-refractivity contribution in [1.82, 2.24) is 4.98 Å². The van der Waals surface area contributed by atoms with E-state index in [1.54, 1.807) is 6.20 Å². The van der Waals surface area contributed by atoms with Gasteiger partial charge in [-0.15, -0.1) is 0 Å². The summed E-state index contributed by atoms with van der Waals surface area (Å²) >= 11 is 0. The monoisotopic (exact) mass is 654 g/mol. The smallest absolute Gasteiger partial charge is 0.0671 e.